The number of nitrogens with two attached hydrogens (primary N) is 1. The van der Waals surface area contributed by atoms with Crippen molar-refractivity contribution < 1.29 is 32.6 Å². The number of carbonyl (C=O) groups is 2. The summed E-state index contributed by atoms with van der Waals surface area (Å²) in [5.74, 6) is -1.57. The third-order valence-corrected chi connectivity index (χ3v) is 4.33. The minimum atomic E-state index is -4.55. The molecule has 3 N–H and O–H groups in total. The minimum Gasteiger partial charge on any atom is -0.496 e. The molecule has 132 valence electrons. The molecular weight excluding hydrogens is 349 g/mol. The molecule has 6 nitrogen and oxygen atoms in total. The molecule has 2 unspecified atom stereocenters. The molecule has 24 heavy (non-hydrogen) atoms. The zero-order valence-corrected chi connectivity index (χ0v) is 13.4. The lowest BCUT2D eigenvalue weighted by Gasteiger charge is -2.24. The predicted molar refractivity (Wildman–Crippen MR) is 79.5 cm³/mol. The standard InChI is InChI=1S/C14H15F3N2O4S/c1-23-9-3-2-7(6-10(9)24-14(15,16)17)13(22)19-5-4-8(20)11(19)12(18)21/h2-3,6,8,11,20H,4-5H2,1H3,(H2,18,21). The number of halogens is 3. The second-order valence-corrected chi connectivity index (χ2v) is 6.22. The summed E-state index contributed by atoms with van der Waals surface area (Å²) in [6.45, 7) is 0.0847. The van der Waals surface area contributed by atoms with Gasteiger partial charge in [-0.1, -0.05) is 0 Å². The third-order valence-electron chi connectivity index (χ3n) is 3.55. The SMILES string of the molecule is COc1ccc(C(=O)N2CCC(O)C2C(N)=O)cc1SC(F)(F)F. The van der Waals surface area contributed by atoms with E-state index >= 15 is 0 Å². The smallest absolute Gasteiger partial charge is 0.446 e. The first-order chi connectivity index (χ1) is 11.1. The van der Waals surface area contributed by atoms with Crippen molar-refractivity contribution in [3.05, 3.63) is 23.8 Å². The second kappa shape index (κ2) is 6.89. The molecule has 2 amide bonds. The van der Waals surface area contributed by atoms with Gasteiger partial charge in [0, 0.05) is 12.1 Å². The van der Waals surface area contributed by atoms with Crippen LogP contribution in [0.25, 0.3) is 0 Å². The molecule has 0 radical (unpaired) electrons. The number of thioether (sulfide) groups is 1. The molecule has 1 aliphatic heterocycles. The molecule has 1 fully saturated rings. The van der Waals surface area contributed by atoms with E-state index in [1.165, 1.54) is 19.2 Å². The highest BCUT2D eigenvalue weighted by atomic mass is 32.2. The van der Waals surface area contributed by atoms with E-state index in [4.69, 9.17) is 10.5 Å². The van der Waals surface area contributed by atoms with E-state index in [1.807, 2.05) is 0 Å². The summed E-state index contributed by atoms with van der Waals surface area (Å²) >= 11 is -0.403. The van der Waals surface area contributed by atoms with E-state index in [1.54, 1.807) is 0 Å². The van der Waals surface area contributed by atoms with Gasteiger partial charge in [-0.15, -0.1) is 0 Å². The van der Waals surface area contributed by atoms with Crippen molar-refractivity contribution in [2.75, 3.05) is 13.7 Å². The lowest BCUT2D eigenvalue weighted by atomic mass is 10.1. The Bertz CT molecular complexity index is 653. The molecule has 1 aromatic carbocycles. The number of carbonyl (C=O) groups excluding carboxylic acids is 2. The van der Waals surface area contributed by atoms with Crippen molar-refractivity contribution in [1.29, 1.82) is 0 Å². The molecule has 10 heteroatoms. The predicted octanol–water partition coefficient (Wildman–Crippen LogP) is 1.37. The Morgan fingerprint density at radius 2 is 2.08 bits per heavy atom. The maximum absolute atomic E-state index is 12.6. The summed E-state index contributed by atoms with van der Waals surface area (Å²) in [6, 6.07) is 2.39. The summed E-state index contributed by atoms with van der Waals surface area (Å²) in [7, 11) is 1.22. The number of primary amides is 1. The van der Waals surface area contributed by atoms with Gasteiger partial charge in [0.15, 0.2) is 0 Å². The first-order valence-electron chi connectivity index (χ1n) is 6.86. The number of aliphatic hydroxyl groups is 1. The first-order valence-corrected chi connectivity index (χ1v) is 7.68. The molecule has 1 aromatic rings. The zero-order chi connectivity index (χ0) is 18.1. The van der Waals surface area contributed by atoms with Crippen LogP contribution in [0.2, 0.25) is 0 Å². The highest BCUT2D eigenvalue weighted by Gasteiger charge is 2.40. The molecule has 0 spiro atoms. The largest absolute Gasteiger partial charge is 0.496 e. The van der Waals surface area contributed by atoms with Crippen molar-refractivity contribution >= 4 is 23.6 Å². The van der Waals surface area contributed by atoms with Crippen LogP contribution in [0.4, 0.5) is 13.2 Å². The van der Waals surface area contributed by atoms with Crippen molar-refractivity contribution in [3.8, 4) is 5.75 Å². The summed E-state index contributed by atoms with van der Waals surface area (Å²) in [4.78, 5) is 24.7. The molecule has 0 bridgehead atoms. The van der Waals surface area contributed by atoms with Crippen LogP contribution < -0.4 is 10.5 Å². The summed E-state index contributed by atoms with van der Waals surface area (Å²) in [6.07, 6.45) is -0.923. The van der Waals surface area contributed by atoms with Gasteiger partial charge in [0.2, 0.25) is 5.91 Å². The minimum absolute atomic E-state index is 0.0261. The average molecular weight is 364 g/mol. The van der Waals surface area contributed by atoms with Gasteiger partial charge in [-0.05, 0) is 36.4 Å². The Balaban J connectivity index is 2.33. The van der Waals surface area contributed by atoms with Crippen molar-refractivity contribution in [2.45, 2.75) is 29.0 Å². The normalized spacial score (nSPS) is 21.0. The van der Waals surface area contributed by atoms with Gasteiger partial charge in [0.05, 0.1) is 18.1 Å². The summed E-state index contributed by atoms with van der Waals surface area (Å²) in [5.41, 5.74) is 0.588. The number of benzene rings is 1. The first kappa shape index (κ1) is 18.4. The Labute approximate surface area is 139 Å². The van der Waals surface area contributed by atoms with Gasteiger partial charge in [-0.25, -0.2) is 0 Å². The van der Waals surface area contributed by atoms with E-state index in [-0.39, 0.29) is 29.2 Å². The topological polar surface area (TPSA) is 92.9 Å². The van der Waals surface area contributed by atoms with Crippen LogP contribution >= 0.6 is 11.8 Å². The van der Waals surface area contributed by atoms with Gasteiger partial charge < -0.3 is 20.5 Å². The van der Waals surface area contributed by atoms with Crippen LogP contribution in [0.15, 0.2) is 23.1 Å². The van der Waals surface area contributed by atoms with Crippen LogP contribution in [0, 0.1) is 0 Å². The summed E-state index contributed by atoms with van der Waals surface area (Å²) in [5, 5.41) is 9.75. The van der Waals surface area contributed by atoms with E-state index in [0.717, 1.165) is 11.0 Å². The van der Waals surface area contributed by atoms with Gasteiger partial charge in [-0.2, -0.15) is 13.2 Å². The highest BCUT2D eigenvalue weighted by molar-refractivity contribution is 8.00. The van der Waals surface area contributed by atoms with Crippen LogP contribution in [-0.2, 0) is 4.79 Å². The fourth-order valence-corrected chi connectivity index (χ4v) is 3.21. The highest BCUT2D eigenvalue weighted by Crippen LogP contribution is 2.42. The molecule has 1 aliphatic rings. The molecule has 0 aliphatic carbocycles. The van der Waals surface area contributed by atoms with E-state index < -0.39 is 41.2 Å². The molecule has 1 saturated heterocycles. The number of methoxy groups -OCH3 is 1. The van der Waals surface area contributed by atoms with E-state index in [0.29, 0.717) is 0 Å². The molecule has 2 rings (SSSR count). The maximum Gasteiger partial charge on any atom is 0.446 e. The van der Waals surface area contributed by atoms with E-state index in [9.17, 15) is 27.9 Å². The van der Waals surface area contributed by atoms with Crippen molar-refractivity contribution in [3.63, 3.8) is 0 Å². The average Bonchev–Trinajstić information content (AvgIpc) is 2.86. The number of amides is 2. The van der Waals surface area contributed by atoms with Crippen LogP contribution in [0.3, 0.4) is 0 Å². The molecular formula is C14H15F3N2O4S. The van der Waals surface area contributed by atoms with Crippen molar-refractivity contribution in [2.24, 2.45) is 5.73 Å². The lowest BCUT2D eigenvalue weighted by Crippen LogP contribution is -2.48. The van der Waals surface area contributed by atoms with Gasteiger partial charge in [0.1, 0.15) is 11.8 Å². The Morgan fingerprint density at radius 3 is 2.62 bits per heavy atom. The number of rotatable bonds is 4. The number of likely N-dealkylation sites (tertiary alicyclic amines) is 1. The number of hydrogen-bond donors (Lipinski definition) is 2. The Hall–Kier alpha value is -1.94. The van der Waals surface area contributed by atoms with Crippen LogP contribution in [-0.4, -0.2) is 53.1 Å². The molecule has 1 heterocycles. The fourth-order valence-electron chi connectivity index (χ4n) is 2.53. The number of alkyl halides is 3. The Kier molecular flexibility index (Phi) is 5.29. The van der Waals surface area contributed by atoms with Crippen molar-refractivity contribution in [1.82, 2.24) is 4.90 Å². The fraction of sp³-hybridized carbons (Fsp3) is 0.429. The second-order valence-electron chi connectivity index (χ2n) is 5.12. The quantitative estimate of drug-likeness (QED) is 0.787. The zero-order valence-electron chi connectivity index (χ0n) is 12.5. The lowest BCUT2D eigenvalue weighted by molar-refractivity contribution is -0.124. The molecule has 0 aromatic heterocycles. The monoisotopic (exact) mass is 364 g/mol. The number of aliphatic hydroxyl groups excluding tert-OH is 1. The molecule has 2 atom stereocenters. The maximum atomic E-state index is 12.6. The number of hydrogen-bond acceptors (Lipinski definition) is 5. The summed E-state index contributed by atoms with van der Waals surface area (Å²) < 4.78 is 42.8. The van der Waals surface area contributed by atoms with Crippen LogP contribution in [0.1, 0.15) is 16.8 Å². The van der Waals surface area contributed by atoms with E-state index in [2.05, 4.69) is 0 Å². The molecule has 0 saturated carbocycles. The Morgan fingerprint density at radius 1 is 1.42 bits per heavy atom. The van der Waals surface area contributed by atoms with Gasteiger partial charge >= 0.3 is 5.51 Å². The third kappa shape index (κ3) is 3.93. The van der Waals surface area contributed by atoms with Crippen LogP contribution in [0.5, 0.6) is 5.75 Å². The number of ether oxygens (including phenoxy) is 1. The number of nitrogens with zero attached hydrogens (tertiary/aromatic N) is 1. The van der Waals surface area contributed by atoms with Gasteiger partial charge in [0.25, 0.3) is 5.91 Å². The van der Waals surface area contributed by atoms with Gasteiger partial charge in [-0.3, -0.25) is 9.59 Å².